The Morgan fingerprint density at radius 1 is 1.00 bits per heavy atom. The number of nitrogens with one attached hydrogen (secondary N) is 1. The quantitative estimate of drug-likeness (QED) is 0.601. The lowest BCUT2D eigenvalue weighted by Crippen LogP contribution is -2.15. The summed E-state index contributed by atoms with van der Waals surface area (Å²) in [6.45, 7) is 4.30. The van der Waals surface area contributed by atoms with Crippen LogP contribution in [0.4, 0.5) is 0 Å². The van der Waals surface area contributed by atoms with Crippen molar-refractivity contribution >= 4 is 9.84 Å². The van der Waals surface area contributed by atoms with Gasteiger partial charge in [-0.15, -0.1) is 0 Å². The molecule has 0 aromatic carbocycles. The van der Waals surface area contributed by atoms with Crippen LogP contribution in [0.15, 0.2) is 0 Å². The summed E-state index contributed by atoms with van der Waals surface area (Å²) in [4.78, 5) is 0. The van der Waals surface area contributed by atoms with E-state index in [0.717, 1.165) is 38.8 Å². The van der Waals surface area contributed by atoms with Gasteiger partial charge in [0.25, 0.3) is 0 Å². The van der Waals surface area contributed by atoms with Gasteiger partial charge in [0.05, 0.1) is 0 Å². The first kappa shape index (κ1) is 13.9. The number of hydrogen-bond donors (Lipinski definition) is 1. The highest BCUT2D eigenvalue weighted by molar-refractivity contribution is 7.90. The Kier molecular flexibility index (Phi) is 8.18. The molecule has 0 aliphatic heterocycles. The van der Waals surface area contributed by atoms with Gasteiger partial charge in [-0.3, -0.25) is 0 Å². The van der Waals surface area contributed by atoms with E-state index in [9.17, 15) is 8.42 Å². The van der Waals surface area contributed by atoms with Crippen LogP contribution in [0.25, 0.3) is 0 Å². The van der Waals surface area contributed by atoms with Gasteiger partial charge < -0.3 is 5.32 Å². The maximum absolute atomic E-state index is 10.8. The van der Waals surface area contributed by atoms with E-state index in [1.54, 1.807) is 0 Å². The number of hydrogen-bond acceptors (Lipinski definition) is 3. The van der Waals surface area contributed by atoms with Crippen molar-refractivity contribution in [1.29, 1.82) is 0 Å². The van der Waals surface area contributed by atoms with Crippen molar-refractivity contribution in [2.75, 3.05) is 25.1 Å². The van der Waals surface area contributed by atoms with Gasteiger partial charge in [-0.2, -0.15) is 0 Å². The molecular weight excluding hydrogens is 198 g/mol. The molecule has 0 rings (SSSR count). The van der Waals surface area contributed by atoms with E-state index in [1.807, 2.05) is 0 Å². The molecule has 0 saturated carbocycles. The zero-order chi connectivity index (χ0) is 10.9. The molecule has 0 aromatic rings. The molecule has 0 aromatic heterocycles. The van der Waals surface area contributed by atoms with Crippen molar-refractivity contribution in [3.63, 3.8) is 0 Å². The van der Waals surface area contributed by atoms with Crippen molar-refractivity contribution in [3.8, 4) is 0 Å². The normalized spacial score (nSPS) is 11.9. The molecule has 0 heterocycles. The summed E-state index contributed by atoms with van der Waals surface area (Å²) >= 11 is 0. The van der Waals surface area contributed by atoms with Crippen LogP contribution in [0.1, 0.15) is 39.0 Å². The first-order valence-electron chi connectivity index (χ1n) is 5.44. The van der Waals surface area contributed by atoms with Crippen LogP contribution in [0.2, 0.25) is 0 Å². The lowest BCUT2D eigenvalue weighted by atomic mass is 10.2. The monoisotopic (exact) mass is 221 g/mol. The van der Waals surface area contributed by atoms with Crippen molar-refractivity contribution in [1.82, 2.24) is 5.32 Å². The fraction of sp³-hybridized carbons (Fsp3) is 1.00. The first-order valence-corrected chi connectivity index (χ1v) is 7.50. The van der Waals surface area contributed by atoms with Crippen molar-refractivity contribution in [3.05, 3.63) is 0 Å². The smallest absolute Gasteiger partial charge is 0.147 e. The maximum atomic E-state index is 10.8. The molecular formula is C10H23NO2S. The fourth-order valence-electron chi connectivity index (χ4n) is 1.27. The van der Waals surface area contributed by atoms with Crippen LogP contribution >= 0.6 is 0 Å². The van der Waals surface area contributed by atoms with Gasteiger partial charge >= 0.3 is 0 Å². The molecule has 0 amide bonds. The Bertz CT molecular complexity index is 212. The molecule has 0 unspecified atom stereocenters. The van der Waals surface area contributed by atoms with E-state index in [-0.39, 0.29) is 0 Å². The molecule has 86 valence electrons. The third-order valence-corrected chi connectivity index (χ3v) is 3.08. The zero-order valence-electron chi connectivity index (χ0n) is 9.38. The Morgan fingerprint density at radius 3 is 2.21 bits per heavy atom. The van der Waals surface area contributed by atoms with Crippen LogP contribution in [0.3, 0.4) is 0 Å². The first-order chi connectivity index (χ1) is 6.56. The topological polar surface area (TPSA) is 46.2 Å². The summed E-state index contributed by atoms with van der Waals surface area (Å²) in [6, 6.07) is 0. The Morgan fingerprint density at radius 2 is 1.64 bits per heavy atom. The molecule has 0 saturated heterocycles. The molecule has 1 N–H and O–H groups in total. The van der Waals surface area contributed by atoms with E-state index in [0.29, 0.717) is 5.75 Å². The molecule has 0 radical (unpaired) electrons. The second-order valence-electron chi connectivity index (χ2n) is 3.79. The summed E-state index contributed by atoms with van der Waals surface area (Å²) in [7, 11) is -2.74. The maximum Gasteiger partial charge on any atom is 0.147 e. The predicted molar refractivity (Wildman–Crippen MR) is 61.3 cm³/mol. The highest BCUT2D eigenvalue weighted by Gasteiger charge is 2.00. The Hall–Kier alpha value is -0.0900. The molecule has 4 heteroatoms. The highest BCUT2D eigenvalue weighted by atomic mass is 32.2. The Labute approximate surface area is 88.2 Å². The zero-order valence-corrected chi connectivity index (χ0v) is 10.2. The van der Waals surface area contributed by atoms with Gasteiger partial charge in [-0.1, -0.05) is 19.8 Å². The summed E-state index contributed by atoms with van der Waals surface area (Å²) in [5.41, 5.74) is 0. The molecule has 3 nitrogen and oxygen atoms in total. The summed E-state index contributed by atoms with van der Waals surface area (Å²) in [6.07, 6.45) is 6.60. The van der Waals surface area contributed by atoms with Gasteiger partial charge in [0.2, 0.25) is 0 Å². The Balaban J connectivity index is 3.07. The van der Waals surface area contributed by atoms with Crippen molar-refractivity contribution in [2.24, 2.45) is 0 Å². The SMILES string of the molecule is CCCNCCCCCCS(C)(=O)=O. The minimum absolute atomic E-state index is 0.343. The van der Waals surface area contributed by atoms with Crippen LogP contribution in [0, 0.1) is 0 Å². The van der Waals surface area contributed by atoms with Gasteiger partial charge in [0.1, 0.15) is 9.84 Å². The average molecular weight is 221 g/mol. The highest BCUT2D eigenvalue weighted by Crippen LogP contribution is 2.01. The lowest BCUT2D eigenvalue weighted by molar-refractivity contribution is 0.581. The van der Waals surface area contributed by atoms with Crippen LogP contribution < -0.4 is 5.32 Å². The van der Waals surface area contributed by atoms with E-state index < -0.39 is 9.84 Å². The van der Waals surface area contributed by atoms with E-state index in [4.69, 9.17) is 0 Å². The molecule has 0 bridgehead atoms. The van der Waals surface area contributed by atoms with Crippen molar-refractivity contribution in [2.45, 2.75) is 39.0 Å². The number of sulfone groups is 1. The minimum Gasteiger partial charge on any atom is -0.317 e. The van der Waals surface area contributed by atoms with Gasteiger partial charge in [-0.25, -0.2) is 8.42 Å². The fourth-order valence-corrected chi connectivity index (χ4v) is 2.00. The third-order valence-electron chi connectivity index (χ3n) is 2.05. The van der Waals surface area contributed by atoms with Crippen LogP contribution in [-0.4, -0.2) is 33.5 Å². The molecule has 0 aliphatic rings. The molecule has 0 aliphatic carbocycles. The largest absolute Gasteiger partial charge is 0.317 e. The van der Waals surface area contributed by atoms with E-state index in [1.165, 1.54) is 12.7 Å². The molecule has 0 fully saturated rings. The number of unbranched alkanes of at least 4 members (excludes halogenated alkanes) is 3. The average Bonchev–Trinajstić information content (AvgIpc) is 2.08. The van der Waals surface area contributed by atoms with E-state index in [2.05, 4.69) is 12.2 Å². The van der Waals surface area contributed by atoms with Crippen LogP contribution in [0.5, 0.6) is 0 Å². The summed E-state index contributed by atoms with van der Waals surface area (Å²) in [5, 5.41) is 3.32. The van der Waals surface area contributed by atoms with Gasteiger partial charge in [0, 0.05) is 12.0 Å². The summed E-state index contributed by atoms with van der Waals surface area (Å²) in [5.74, 6) is 0.343. The second kappa shape index (κ2) is 8.24. The van der Waals surface area contributed by atoms with Crippen LogP contribution in [-0.2, 0) is 9.84 Å². The van der Waals surface area contributed by atoms with Gasteiger partial charge in [-0.05, 0) is 32.4 Å². The standard InChI is InChI=1S/C10H23NO2S/c1-3-8-11-9-6-4-5-7-10-14(2,12)13/h11H,3-10H2,1-2H3. The van der Waals surface area contributed by atoms with Crippen molar-refractivity contribution < 1.29 is 8.42 Å². The van der Waals surface area contributed by atoms with Gasteiger partial charge in [0.15, 0.2) is 0 Å². The minimum atomic E-state index is -2.74. The molecule has 0 spiro atoms. The second-order valence-corrected chi connectivity index (χ2v) is 6.05. The third kappa shape index (κ3) is 11.9. The van der Waals surface area contributed by atoms with E-state index >= 15 is 0 Å². The summed E-state index contributed by atoms with van der Waals surface area (Å²) < 4.78 is 21.6. The molecule has 14 heavy (non-hydrogen) atoms. The lowest BCUT2D eigenvalue weighted by Gasteiger charge is -2.02. The number of rotatable bonds is 9. The molecule has 0 atom stereocenters. The predicted octanol–water partition coefficient (Wildman–Crippen LogP) is 1.59.